The van der Waals surface area contributed by atoms with Crippen molar-refractivity contribution in [3.05, 3.63) is 277 Å². The van der Waals surface area contributed by atoms with E-state index in [9.17, 15) is 0 Å². The molecule has 2 heterocycles. The van der Waals surface area contributed by atoms with Crippen molar-refractivity contribution in [2.45, 2.75) is 27.7 Å². The van der Waals surface area contributed by atoms with E-state index in [1.165, 1.54) is 88.1 Å². The molecule has 0 fully saturated rings. The third-order valence-corrected chi connectivity index (χ3v) is 14.8. The number of benzene rings is 11. The number of hydrogen-bond donors (Lipinski definition) is 0. The molecule has 0 aliphatic carbocycles. The molecular weight excluding hydrogens is 897 g/mol. The summed E-state index contributed by atoms with van der Waals surface area (Å²) < 4.78 is 4.87. The molecule has 0 unspecified atom stereocenters. The molecule has 13 rings (SSSR count). The van der Waals surface area contributed by atoms with Crippen LogP contribution in [0.15, 0.2) is 255 Å². The molecular formula is C70H54N4. The second-order valence-electron chi connectivity index (χ2n) is 19.8. The van der Waals surface area contributed by atoms with Gasteiger partial charge in [0.1, 0.15) is 0 Å². The zero-order valence-corrected chi connectivity index (χ0v) is 42.0. The minimum atomic E-state index is 1.12. The number of nitrogens with zero attached hydrogens (tertiary/aromatic N) is 4. The zero-order valence-electron chi connectivity index (χ0n) is 42.0. The maximum absolute atomic E-state index is 2.44. The number of hydrogen-bond acceptors (Lipinski definition) is 2. The van der Waals surface area contributed by atoms with Crippen LogP contribution in [0.1, 0.15) is 22.3 Å². The first-order chi connectivity index (χ1) is 36.3. The smallest absolute Gasteiger partial charge is 0.0548 e. The van der Waals surface area contributed by atoms with Crippen molar-refractivity contribution >= 4 is 77.7 Å². The molecule has 13 aromatic rings. The van der Waals surface area contributed by atoms with Gasteiger partial charge in [0.05, 0.1) is 22.1 Å². The van der Waals surface area contributed by atoms with E-state index < -0.39 is 0 Å². The predicted molar refractivity (Wildman–Crippen MR) is 314 cm³/mol. The third kappa shape index (κ3) is 7.98. The summed E-state index contributed by atoms with van der Waals surface area (Å²) in [5, 5.41) is 4.92. The number of para-hydroxylation sites is 2. The van der Waals surface area contributed by atoms with Crippen molar-refractivity contribution in [3.63, 3.8) is 0 Å². The SMILES string of the molecule is Cc1ccc(N(c2ccc(C)cc2)c2ccc(-c3ccc(-n4c5ccccc5c5cc6c(cc54)c4ccccc4n6-c4ccc(-c5ccc(N(c6ccc(C)cc6)c6ccc(C)cc6)cc5)cc4)cc3)cc2)cc1. The summed E-state index contributed by atoms with van der Waals surface area (Å²) in [6.45, 7) is 8.53. The lowest BCUT2D eigenvalue weighted by Gasteiger charge is -2.26. The molecule has 4 nitrogen and oxygen atoms in total. The summed E-state index contributed by atoms with van der Waals surface area (Å²) in [4.78, 5) is 4.65. The molecule has 0 spiro atoms. The lowest BCUT2D eigenvalue weighted by atomic mass is 10.0. The van der Waals surface area contributed by atoms with Gasteiger partial charge in [0.15, 0.2) is 0 Å². The van der Waals surface area contributed by atoms with Crippen LogP contribution in [0, 0.1) is 27.7 Å². The molecule has 0 saturated heterocycles. The van der Waals surface area contributed by atoms with Gasteiger partial charge in [-0.1, -0.05) is 156 Å². The summed E-state index contributed by atoms with van der Waals surface area (Å²) in [6, 6.07) is 93.5. The standard InChI is InChI=1S/C70H54N4/c1-47-13-29-55(30-14-47)71(56-31-15-48(2)16-32-56)59-37-21-51(22-38-59)53-25-41-61(42-26-53)73-67-11-7-5-9-63(67)65-46-70-66(45-69(65)73)64-10-6-8-12-68(64)74(70)62-43-27-54(28-44-62)52-23-39-60(40-24-52)72(57-33-17-49(3)18-34-57)58-35-19-50(4)20-36-58/h5-46H,1-4H3. The summed E-state index contributed by atoms with van der Waals surface area (Å²) in [5.41, 5.74) is 23.5. The zero-order chi connectivity index (χ0) is 49.9. The summed E-state index contributed by atoms with van der Waals surface area (Å²) in [5.74, 6) is 0. The Hall–Kier alpha value is -9.38. The topological polar surface area (TPSA) is 16.3 Å². The van der Waals surface area contributed by atoms with Gasteiger partial charge in [-0.25, -0.2) is 0 Å². The maximum Gasteiger partial charge on any atom is 0.0548 e. The van der Waals surface area contributed by atoms with E-state index in [4.69, 9.17) is 0 Å². The fourth-order valence-corrected chi connectivity index (χ4v) is 10.9. The van der Waals surface area contributed by atoms with Crippen LogP contribution in [0.3, 0.4) is 0 Å². The van der Waals surface area contributed by atoms with Gasteiger partial charge < -0.3 is 18.9 Å². The predicted octanol–water partition coefficient (Wildman–Crippen LogP) is 19.4. The average molecular weight is 951 g/mol. The highest BCUT2D eigenvalue weighted by atomic mass is 15.1. The first kappa shape index (κ1) is 44.6. The van der Waals surface area contributed by atoms with Gasteiger partial charge >= 0.3 is 0 Å². The highest BCUT2D eigenvalue weighted by molar-refractivity contribution is 6.19. The summed E-state index contributed by atoms with van der Waals surface area (Å²) in [7, 11) is 0. The van der Waals surface area contributed by atoms with Crippen LogP contribution in [-0.4, -0.2) is 9.13 Å². The second kappa shape index (κ2) is 18.3. The van der Waals surface area contributed by atoms with E-state index in [1.807, 2.05) is 0 Å². The normalized spacial score (nSPS) is 11.5. The monoisotopic (exact) mass is 950 g/mol. The Bertz CT molecular complexity index is 3780. The molecule has 0 N–H and O–H groups in total. The molecule has 0 amide bonds. The van der Waals surface area contributed by atoms with Crippen molar-refractivity contribution in [2.75, 3.05) is 9.80 Å². The molecule has 0 radical (unpaired) electrons. The van der Waals surface area contributed by atoms with Crippen LogP contribution in [-0.2, 0) is 0 Å². The Balaban J connectivity index is 0.833. The van der Waals surface area contributed by atoms with E-state index in [0.717, 1.165) is 45.5 Å². The molecule has 0 aliphatic rings. The molecule has 0 saturated carbocycles. The van der Waals surface area contributed by atoms with E-state index in [-0.39, 0.29) is 0 Å². The van der Waals surface area contributed by atoms with Crippen LogP contribution >= 0.6 is 0 Å². The van der Waals surface area contributed by atoms with E-state index >= 15 is 0 Å². The van der Waals surface area contributed by atoms with Crippen molar-refractivity contribution in [1.82, 2.24) is 9.13 Å². The molecule has 2 aromatic heterocycles. The summed E-state index contributed by atoms with van der Waals surface area (Å²) in [6.07, 6.45) is 0. The Kier molecular flexibility index (Phi) is 11.0. The van der Waals surface area contributed by atoms with Crippen molar-refractivity contribution < 1.29 is 0 Å². The van der Waals surface area contributed by atoms with Gasteiger partial charge in [0.25, 0.3) is 0 Å². The molecule has 0 aliphatic heterocycles. The Morgan fingerprint density at radius 1 is 0.230 bits per heavy atom. The Labute approximate surface area is 432 Å². The lowest BCUT2D eigenvalue weighted by Crippen LogP contribution is -2.09. The average Bonchev–Trinajstić information content (AvgIpc) is 3.95. The minimum absolute atomic E-state index is 1.12. The highest BCUT2D eigenvalue weighted by Gasteiger charge is 2.20. The van der Waals surface area contributed by atoms with Crippen LogP contribution in [0.5, 0.6) is 0 Å². The van der Waals surface area contributed by atoms with Crippen LogP contribution in [0.4, 0.5) is 34.1 Å². The van der Waals surface area contributed by atoms with Crippen molar-refractivity contribution in [3.8, 4) is 33.6 Å². The lowest BCUT2D eigenvalue weighted by molar-refractivity contribution is 1.17. The Morgan fingerprint density at radius 3 is 0.757 bits per heavy atom. The first-order valence-electron chi connectivity index (χ1n) is 25.6. The van der Waals surface area contributed by atoms with Gasteiger partial charge in [-0.2, -0.15) is 0 Å². The van der Waals surface area contributed by atoms with Crippen LogP contribution < -0.4 is 9.80 Å². The third-order valence-electron chi connectivity index (χ3n) is 14.8. The molecule has 354 valence electrons. The molecule has 0 bridgehead atoms. The van der Waals surface area contributed by atoms with Crippen molar-refractivity contribution in [2.24, 2.45) is 0 Å². The number of fused-ring (bicyclic) bond motifs is 6. The van der Waals surface area contributed by atoms with Gasteiger partial charge in [-0.3, -0.25) is 0 Å². The second-order valence-corrected chi connectivity index (χ2v) is 19.8. The van der Waals surface area contributed by atoms with Crippen LogP contribution in [0.2, 0.25) is 0 Å². The number of anilines is 6. The van der Waals surface area contributed by atoms with E-state index in [1.54, 1.807) is 0 Å². The fourth-order valence-electron chi connectivity index (χ4n) is 10.9. The molecule has 74 heavy (non-hydrogen) atoms. The van der Waals surface area contributed by atoms with Gasteiger partial charge in [0.2, 0.25) is 0 Å². The Morgan fingerprint density at radius 2 is 0.473 bits per heavy atom. The van der Waals surface area contributed by atoms with Crippen molar-refractivity contribution in [1.29, 1.82) is 0 Å². The summed E-state index contributed by atoms with van der Waals surface area (Å²) >= 11 is 0. The number of aromatic nitrogens is 2. The van der Waals surface area contributed by atoms with Crippen LogP contribution in [0.25, 0.3) is 77.2 Å². The van der Waals surface area contributed by atoms with Gasteiger partial charge in [0, 0.05) is 67.0 Å². The minimum Gasteiger partial charge on any atom is -0.311 e. The van der Waals surface area contributed by atoms with E-state index in [0.29, 0.717) is 0 Å². The van der Waals surface area contributed by atoms with Gasteiger partial charge in [-0.05, 0) is 171 Å². The quantitative estimate of drug-likeness (QED) is 0.136. The maximum atomic E-state index is 2.44. The first-order valence-corrected chi connectivity index (χ1v) is 25.6. The molecule has 0 atom stereocenters. The fraction of sp³-hybridized carbons (Fsp3) is 0.0571. The van der Waals surface area contributed by atoms with E-state index in [2.05, 4.69) is 301 Å². The molecule has 4 heteroatoms. The number of aryl methyl sites for hydroxylation is 4. The highest BCUT2D eigenvalue weighted by Crippen LogP contribution is 2.42. The molecule has 11 aromatic carbocycles. The largest absolute Gasteiger partial charge is 0.311 e. The number of rotatable bonds is 10. The van der Waals surface area contributed by atoms with Gasteiger partial charge in [-0.15, -0.1) is 0 Å².